The maximum absolute atomic E-state index is 10.1. The molecule has 0 amide bonds. The van der Waals surface area contributed by atoms with Gasteiger partial charge >= 0.3 is 103 Å². The van der Waals surface area contributed by atoms with Gasteiger partial charge in [-0.05, 0) is 6.92 Å². The van der Waals surface area contributed by atoms with Crippen molar-refractivity contribution in [3.05, 3.63) is 0 Å². The number of hydrogen-bond acceptors (Lipinski definition) is 5. The normalized spacial score (nSPS) is 10.5. The van der Waals surface area contributed by atoms with E-state index in [2.05, 4.69) is 4.74 Å². The fourth-order valence-electron chi connectivity index (χ4n) is 0.563. The number of aliphatic carboxylic acids is 2. The van der Waals surface area contributed by atoms with Gasteiger partial charge in [0.2, 0.25) is 0 Å². The average molecular weight is 238 g/mol. The molecule has 0 bridgehead atoms. The number of ether oxygens (including phenoxy) is 1. The van der Waals surface area contributed by atoms with E-state index in [9.17, 15) is 19.8 Å². The van der Waals surface area contributed by atoms with Gasteiger partial charge in [0.15, 0.2) is 0 Å². The van der Waals surface area contributed by atoms with Gasteiger partial charge in [0.05, 0.1) is 5.97 Å². The van der Waals surface area contributed by atoms with Crippen LogP contribution in [0.2, 0.25) is 0 Å². The first kappa shape index (κ1) is 20.6. The van der Waals surface area contributed by atoms with Gasteiger partial charge in [-0.2, -0.15) is 0 Å². The van der Waals surface area contributed by atoms with E-state index in [0.717, 1.165) is 0 Å². The number of rotatable bonds is 5. The molecule has 0 fully saturated rings. The third kappa shape index (κ3) is 12.1. The molecule has 0 saturated carbocycles. The summed E-state index contributed by atoms with van der Waals surface area (Å²) in [5.74, 6) is -3.00. The van der Waals surface area contributed by atoms with Crippen molar-refractivity contribution in [3.8, 4) is 0 Å². The van der Waals surface area contributed by atoms with E-state index in [-0.39, 0.29) is 109 Å². The van der Waals surface area contributed by atoms with E-state index in [1.807, 2.05) is 0 Å². The Bertz CT molecular complexity index is 161. The van der Waals surface area contributed by atoms with Crippen molar-refractivity contribution in [2.45, 2.75) is 19.4 Å². The Balaban J connectivity index is -0.000000500. The van der Waals surface area contributed by atoms with Crippen LogP contribution in [0.4, 0.5) is 0 Å². The molecule has 0 heterocycles. The SMILES string of the molecule is CCO[C@H](CC(=O)[O-])C(=O)[O-].[K+].[K+]. The van der Waals surface area contributed by atoms with Crippen LogP contribution in [0.5, 0.6) is 0 Å². The molecule has 0 aliphatic rings. The third-order valence-corrected chi connectivity index (χ3v) is 0.983. The summed E-state index contributed by atoms with van der Waals surface area (Å²) in [5.41, 5.74) is 0. The Morgan fingerprint density at radius 2 is 1.77 bits per heavy atom. The molecule has 0 N–H and O–H groups in total. The molecule has 1 atom stereocenters. The first-order valence-corrected chi connectivity index (χ1v) is 3.10. The van der Waals surface area contributed by atoms with Crippen LogP contribution in [0.15, 0.2) is 0 Å². The van der Waals surface area contributed by atoms with E-state index in [1.54, 1.807) is 6.92 Å². The standard InChI is InChI=1S/C6H10O5.2K/c1-2-11-4(6(9)10)3-5(7)8;;/h4H,2-3H2,1H3,(H,7,8)(H,9,10);;/q;2*+1/p-2/t4-;;/m1../s1. The molecule has 0 aromatic carbocycles. The van der Waals surface area contributed by atoms with Crippen molar-refractivity contribution in [2.75, 3.05) is 6.61 Å². The first-order chi connectivity index (χ1) is 5.07. The number of carboxylic acid groups (broad SMARTS) is 2. The Morgan fingerprint density at radius 3 is 2.00 bits per heavy atom. The summed E-state index contributed by atoms with van der Waals surface area (Å²) in [5, 5.41) is 20.0. The Morgan fingerprint density at radius 1 is 1.31 bits per heavy atom. The second-order valence-electron chi connectivity index (χ2n) is 1.84. The number of carbonyl (C=O) groups is 2. The molecular weight excluding hydrogens is 230 g/mol. The van der Waals surface area contributed by atoms with Gasteiger partial charge in [-0.25, -0.2) is 0 Å². The van der Waals surface area contributed by atoms with Crippen molar-refractivity contribution in [2.24, 2.45) is 0 Å². The van der Waals surface area contributed by atoms with Crippen LogP contribution in [0.3, 0.4) is 0 Å². The van der Waals surface area contributed by atoms with Gasteiger partial charge in [0.25, 0.3) is 0 Å². The Hall–Kier alpha value is 2.17. The monoisotopic (exact) mass is 238 g/mol. The molecule has 0 aromatic rings. The van der Waals surface area contributed by atoms with E-state index < -0.39 is 24.5 Å². The Kier molecular flexibility index (Phi) is 19.4. The molecular formula is C6H8K2O5. The summed E-state index contributed by atoms with van der Waals surface area (Å²) in [6, 6.07) is 0. The third-order valence-electron chi connectivity index (χ3n) is 0.983. The maximum atomic E-state index is 10.1. The molecule has 64 valence electrons. The van der Waals surface area contributed by atoms with Crippen molar-refractivity contribution in [1.29, 1.82) is 0 Å². The largest absolute Gasteiger partial charge is 1.00 e. The summed E-state index contributed by atoms with van der Waals surface area (Å²) in [7, 11) is 0. The van der Waals surface area contributed by atoms with Crippen LogP contribution in [0.1, 0.15) is 13.3 Å². The van der Waals surface area contributed by atoms with Gasteiger partial charge in [-0.15, -0.1) is 0 Å². The number of carbonyl (C=O) groups excluding carboxylic acids is 2. The summed E-state index contributed by atoms with van der Waals surface area (Å²) in [6.45, 7) is 1.69. The minimum atomic E-state index is -1.53. The van der Waals surface area contributed by atoms with E-state index in [4.69, 9.17) is 0 Å². The average Bonchev–Trinajstić information content (AvgIpc) is 1.86. The number of carboxylic acids is 2. The van der Waals surface area contributed by atoms with Crippen LogP contribution in [0.25, 0.3) is 0 Å². The Labute approximate surface area is 161 Å². The van der Waals surface area contributed by atoms with E-state index in [1.165, 1.54) is 0 Å². The zero-order valence-corrected chi connectivity index (χ0v) is 14.3. The zero-order chi connectivity index (χ0) is 8.85. The fourth-order valence-corrected chi connectivity index (χ4v) is 0.563. The number of hydrogen-bond donors (Lipinski definition) is 0. The van der Waals surface area contributed by atoms with Crippen LogP contribution < -0.4 is 113 Å². The zero-order valence-electron chi connectivity index (χ0n) is 8.03. The quantitative estimate of drug-likeness (QED) is 0.444. The van der Waals surface area contributed by atoms with Gasteiger partial charge < -0.3 is 24.5 Å². The smallest absolute Gasteiger partial charge is 0.550 e. The van der Waals surface area contributed by atoms with Gasteiger partial charge in [0.1, 0.15) is 6.10 Å². The fraction of sp³-hybridized carbons (Fsp3) is 0.667. The molecule has 5 nitrogen and oxygen atoms in total. The molecule has 13 heavy (non-hydrogen) atoms. The van der Waals surface area contributed by atoms with Crippen LogP contribution in [0, 0.1) is 0 Å². The van der Waals surface area contributed by atoms with Crippen LogP contribution in [-0.2, 0) is 14.3 Å². The van der Waals surface area contributed by atoms with Crippen molar-refractivity contribution < 1.29 is 127 Å². The summed E-state index contributed by atoms with van der Waals surface area (Å²) in [4.78, 5) is 20.0. The minimum Gasteiger partial charge on any atom is -0.550 e. The van der Waals surface area contributed by atoms with Crippen LogP contribution in [-0.4, -0.2) is 24.6 Å². The van der Waals surface area contributed by atoms with E-state index in [0.29, 0.717) is 0 Å². The summed E-state index contributed by atoms with van der Waals surface area (Å²) in [6.07, 6.45) is -2.07. The molecule has 0 spiro atoms. The van der Waals surface area contributed by atoms with Crippen LogP contribution >= 0.6 is 0 Å². The van der Waals surface area contributed by atoms with Crippen molar-refractivity contribution in [3.63, 3.8) is 0 Å². The predicted molar refractivity (Wildman–Crippen MR) is 30.0 cm³/mol. The predicted octanol–water partition coefficient (Wildman–Crippen LogP) is -8.71. The molecule has 0 saturated heterocycles. The minimum absolute atomic E-state index is 0. The van der Waals surface area contributed by atoms with E-state index >= 15 is 0 Å². The van der Waals surface area contributed by atoms with Gasteiger partial charge in [0, 0.05) is 19.0 Å². The molecule has 0 aliphatic carbocycles. The molecule has 0 unspecified atom stereocenters. The molecule has 0 rings (SSSR count). The second kappa shape index (κ2) is 12.2. The molecule has 7 heteroatoms. The molecule has 0 aromatic heterocycles. The van der Waals surface area contributed by atoms with Gasteiger partial charge in [-0.3, -0.25) is 0 Å². The molecule has 0 aliphatic heterocycles. The molecule has 0 radical (unpaired) electrons. The topological polar surface area (TPSA) is 89.5 Å². The summed E-state index contributed by atoms with van der Waals surface area (Å²) >= 11 is 0. The van der Waals surface area contributed by atoms with Gasteiger partial charge in [-0.1, -0.05) is 0 Å². The maximum Gasteiger partial charge on any atom is 1.00 e. The van der Waals surface area contributed by atoms with Crippen molar-refractivity contribution in [1.82, 2.24) is 0 Å². The second-order valence-corrected chi connectivity index (χ2v) is 1.84. The summed E-state index contributed by atoms with van der Waals surface area (Å²) < 4.78 is 4.53. The first-order valence-electron chi connectivity index (χ1n) is 3.10. The van der Waals surface area contributed by atoms with Crippen molar-refractivity contribution >= 4 is 11.9 Å².